The Kier molecular flexibility index (Phi) is 6.15. The summed E-state index contributed by atoms with van der Waals surface area (Å²) in [5.41, 5.74) is 2.79. The van der Waals surface area contributed by atoms with Crippen LogP contribution in [0.5, 0.6) is 0 Å². The molecule has 1 fully saturated rings. The average Bonchev–Trinajstić information content (AvgIpc) is 2.58. The van der Waals surface area contributed by atoms with E-state index in [9.17, 15) is 4.79 Å². The van der Waals surface area contributed by atoms with Crippen molar-refractivity contribution in [2.24, 2.45) is 0 Å². The molecule has 0 spiro atoms. The van der Waals surface area contributed by atoms with E-state index < -0.39 is 0 Å². The van der Waals surface area contributed by atoms with Crippen molar-refractivity contribution in [1.29, 1.82) is 0 Å². The van der Waals surface area contributed by atoms with Gasteiger partial charge in [0.15, 0.2) is 0 Å². The van der Waals surface area contributed by atoms with Gasteiger partial charge in [0.1, 0.15) is 0 Å². The Bertz CT molecular complexity index is 782. The second-order valence-corrected chi connectivity index (χ2v) is 7.59. The third-order valence-corrected chi connectivity index (χ3v) is 5.25. The highest BCUT2D eigenvalue weighted by Gasteiger charge is 2.22. The van der Waals surface area contributed by atoms with Crippen LogP contribution in [-0.2, 0) is 9.47 Å². The van der Waals surface area contributed by atoms with E-state index in [-0.39, 0.29) is 5.56 Å². The maximum absolute atomic E-state index is 12.0. The average molecular weight is 409 g/mol. The van der Waals surface area contributed by atoms with Crippen molar-refractivity contribution < 1.29 is 9.47 Å². The maximum atomic E-state index is 12.0. The third-order valence-electron chi connectivity index (χ3n) is 4.79. The fourth-order valence-corrected chi connectivity index (χ4v) is 4.07. The van der Waals surface area contributed by atoms with Crippen LogP contribution in [0.4, 0.5) is 5.69 Å². The van der Waals surface area contributed by atoms with Crippen molar-refractivity contribution in [1.82, 2.24) is 4.98 Å². The predicted octanol–water partition coefficient (Wildman–Crippen LogP) is 3.99. The highest BCUT2D eigenvalue weighted by molar-refractivity contribution is 9.10. The number of pyridine rings is 1. The largest absolute Gasteiger partial charge is 0.382 e. The molecule has 0 atom stereocenters. The highest BCUT2D eigenvalue weighted by Crippen LogP contribution is 2.30. The van der Waals surface area contributed by atoms with Crippen LogP contribution in [0.3, 0.4) is 0 Å². The number of rotatable bonds is 6. The van der Waals surface area contributed by atoms with Crippen LogP contribution in [0.2, 0.25) is 0 Å². The number of hydrogen-bond donors (Lipinski definition) is 2. The number of anilines is 1. The molecule has 1 aromatic heterocycles. The van der Waals surface area contributed by atoms with Gasteiger partial charge in [-0.25, -0.2) is 0 Å². The number of halogens is 1. The number of fused-ring (bicyclic) bond motifs is 1. The SMILES string of the molecule is COCCOC1CCC(Nc2cc(=O)[nH]c3c(C)cc(Br)cc23)CC1. The summed E-state index contributed by atoms with van der Waals surface area (Å²) >= 11 is 3.55. The molecule has 1 saturated carbocycles. The molecule has 0 amide bonds. The first-order valence-corrected chi connectivity index (χ1v) is 9.56. The summed E-state index contributed by atoms with van der Waals surface area (Å²) in [5.74, 6) is 0. The molecule has 1 aliphatic carbocycles. The molecule has 1 aliphatic rings. The van der Waals surface area contributed by atoms with Crippen molar-refractivity contribution >= 4 is 32.5 Å². The lowest BCUT2D eigenvalue weighted by molar-refractivity contribution is -0.00154. The second-order valence-electron chi connectivity index (χ2n) is 6.67. The Morgan fingerprint density at radius 3 is 2.68 bits per heavy atom. The highest BCUT2D eigenvalue weighted by atomic mass is 79.9. The standard InChI is InChI=1S/C19H25BrN2O3/c1-12-9-13(20)10-16-17(11-18(23)22-19(12)16)21-14-3-5-15(6-4-14)25-8-7-24-2/h9-11,14-15H,3-8H2,1-2H3,(H2,21,22,23). The molecule has 25 heavy (non-hydrogen) atoms. The topological polar surface area (TPSA) is 63.4 Å². The van der Waals surface area contributed by atoms with Gasteiger partial charge in [-0.2, -0.15) is 0 Å². The first-order chi connectivity index (χ1) is 12.1. The van der Waals surface area contributed by atoms with Crippen LogP contribution >= 0.6 is 15.9 Å². The lowest BCUT2D eigenvalue weighted by Crippen LogP contribution is -2.30. The molecule has 3 rings (SSSR count). The minimum absolute atomic E-state index is 0.0722. The zero-order valence-electron chi connectivity index (χ0n) is 14.7. The summed E-state index contributed by atoms with van der Waals surface area (Å²) in [5, 5.41) is 4.63. The lowest BCUT2D eigenvalue weighted by atomic mass is 9.92. The normalized spacial score (nSPS) is 20.8. The van der Waals surface area contributed by atoms with Crippen LogP contribution in [0.25, 0.3) is 10.9 Å². The number of benzene rings is 1. The summed E-state index contributed by atoms with van der Waals surface area (Å²) in [7, 11) is 1.69. The fraction of sp³-hybridized carbons (Fsp3) is 0.526. The van der Waals surface area contributed by atoms with Gasteiger partial charge in [-0.1, -0.05) is 15.9 Å². The molecular formula is C19H25BrN2O3. The molecule has 2 aromatic rings. The number of hydrogen-bond acceptors (Lipinski definition) is 4. The Morgan fingerprint density at radius 2 is 1.96 bits per heavy atom. The minimum Gasteiger partial charge on any atom is -0.382 e. The minimum atomic E-state index is -0.0722. The first kappa shape index (κ1) is 18.4. The predicted molar refractivity (Wildman–Crippen MR) is 105 cm³/mol. The summed E-state index contributed by atoms with van der Waals surface area (Å²) in [6.07, 6.45) is 4.47. The van der Waals surface area contributed by atoms with E-state index in [1.54, 1.807) is 13.2 Å². The van der Waals surface area contributed by atoms with Crippen molar-refractivity contribution in [2.75, 3.05) is 25.6 Å². The Morgan fingerprint density at radius 1 is 1.20 bits per heavy atom. The van der Waals surface area contributed by atoms with Gasteiger partial charge in [0.25, 0.3) is 0 Å². The molecule has 0 radical (unpaired) electrons. The van der Waals surface area contributed by atoms with E-state index in [2.05, 4.69) is 32.3 Å². The number of aryl methyl sites for hydroxylation is 1. The summed E-state index contributed by atoms with van der Waals surface area (Å²) in [6, 6.07) is 6.10. The number of nitrogens with one attached hydrogen (secondary N) is 2. The zero-order chi connectivity index (χ0) is 17.8. The van der Waals surface area contributed by atoms with Crippen LogP contribution in [0, 0.1) is 6.92 Å². The van der Waals surface area contributed by atoms with Crippen molar-refractivity contribution in [3.8, 4) is 0 Å². The lowest BCUT2D eigenvalue weighted by Gasteiger charge is -2.30. The summed E-state index contributed by atoms with van der Waals surface area (Å²) < 4.78 is 11.9. The zero-order valence-corrected chi connectivity index (χ0v) is 16.3. The van der Waals surface area contributed by atoms with E-state index in [1.165, 1.54) is 0 Å². The Hall–Kier alpha value is -1.37. The van der Waals surface area contributed by atoms with Gasteiger partial charge in [-0.15, -0.1) is 0 Å². The molecule has 136 valence electrons. The van der Waals surface area contributed by atoms with E-state index >= 15 is 0 Å². The summed E-state index contributed by atoms with van der Waals surface area (Å²) in [6.45, 7) is 3.31. The Labute approximate surface area is 156 Å². The van der Waals surface area contributed by atoms with Gasteiger partial charge in [-0.05, 0) is 50.3 Å². The van der Waals surface area contributed by atoms with Crippen LogP contribution in [0.15, 0.2) is 27.5 Å². The fourth-order valence-electron chi connectivity index (χ4n) is 3.50. The number of aromatic nitrogens is 1. The van der Waals surface area contributed by atoms with Crippen molar-refractivity contribution in [2.45, 2.75) is 44.8 Å². The molecule has 2 N–H and O–H groups in total. The maximum Gasteiger partial charge on any atom is 0.250 e. The molecule has 6 heteroatoms. The number of ether oxygens (including phenoxy) is 2. The molecule has 5 nitrogen and oxygen atoms in total. The molecule has 0 bridgehead atoms. The smallest absolute Gasteiger partial charge is 0.250 e. The van der Waals surface area contributed by atoms with E-state index in [4.69, 9.17) is 9.47 Å². The van der Waals surface area contributed by atoms with Crippen LogP contribution in [-0.4, -0.2) is 37.5 Å². The first-order valence-electron chi connectivity index (χ1n) is 8.77. The molecular weight excluding hydrogens is 384 g/mol. The third kappa shape index (κ3) is 4.63. The van der Waals surface area contributed by atoms with Gasteiger partial charge in [-0.3, -0.25) is 4.79 Å². The van der Waals surface area contributed by atoms with Gasteiger partial charge in [0.2, 0.25) is 5.56 Å². The van der Waals surface area contributed by atoms with Crippen molar-refractivity contribution in [3.63, 3.8) is 0 Å². The number of aromatic amines is 1. The van der Waals surface area contributed by atoms with E-state index in [1.807, 2.05) is 13.0 Å². The van der Waals surface area contributed by atoms with E-state index in [0.717, 1.165) is 52.3 Å². The van der Waals surface area contributed by atoms with Crippen molar-refractivity contribution in [3.05, 3.63) is 38.6 Å². The van der Waals surface area contributed by atoms with E-state index in [0.29, 0.717) is 25.4 Å². The van der Waals surface area contributed by atoms with Gasteiger partial charge in [0, 0.05) is 34.8 Å². The molecule has 1 heterocycles. The van der Waals surface area contributed by atoms with Crippen LogP contribution in [0.1, 0.15) is 31.2 Å². The molecule has 1 aromatic carbocycles. The van der Waals surface area contributed by atoms with Gasteiger partial charge in [0.05, 0.1) is 24.8 Å². The monoisotopic (exact) mass is 408 g/mol. The quantitative estimate of drug-likeness (QED) is 0.709. The van der Waals surface area contributed by atoms with Crippen LogP contribution < -0.4 is 10.9 Å². The Balaban J connectivity index is 1.71. The number of H-pyrrole nitrogens is 1. The summed E-state index contributed by atoms with van der Waals surface area (Å²) in [4.78, 5) is 15.0. The second kappa shape index (κ2) is 8.34. The van der Waals surface area contributed by atoms with Gasteiger partial charge < -0.3 is 19.8 Å². The number of methoxy groups -OCH3 is 1. The van der Waals surface area contributed by atoms with Gasteiger partial charge >= 0.3 is 0 Å². The molecule has 0 unspecified atom stereocenters. The molecule has 0 aliphatic heterocycles. The molecule has 0 saturated heterocycles.